The topological polar surface area (TPSA) is 113 Å². The summed E-state index contributed by atoms with van der Waals surface area (Å²) in [5, 5.41) is 14.4. The average molecular weight is 350 g/mol. The number of carbonyl (C=O) groups is 3. The zero-order valence-corrected chi connectivity index (χ0v) is 13.5. The molecule has 0 bridgehead atoms. The van der Waals surface area contributed by atoms with Gasteiger partial charge >= 0.3 is 5.97 Å². The summed E-state index contributed by atoms with van der Waals surface area (Å²) in [6.45, 7) is 0. The first-order chi connectivity index (χ1) is 12.5. The van der Waals surface area contributed by atoms with Crippen molar-refractivity contribution in [2.75, 3.05) is 10.6 Å². The third-order valence-corrected chi connectivity index (χ3v) is 4.24. The van der Waals surface area contributed by atoms with Crippen LogP contribution in [0.25, 0.3) is 11.0 Å². The molecule has 1 atom stereocenters. The largest absolute Gasteiger partial charge is 0.478 e. The number of fused-ring (bicyclic) bond motifs is 3. The molecule has 8 nitrogen and oxygen atoms in total. The van der Waals surface area contributed by atoms with Crippen molar-refractivity contribution < 1.29 is 19.5 Å². The van der Waals surface area contributed by atoms with E-state index in [0.29, 0.717) is 17.2 Å². The van der Waals surface area contributed by atoms with Crippen LogP contribution >= 0.6 is 0 Å². The van der Waals surface area contributed by atoms with Crippen molar-refractivity contribution in [1.82, 2.24) is 9.55 Å². The Balaban J connectivity index is 1.66. The second-order valence-corrected chi connectivity index (χ2v) is 5.93. The Bertz CT molecular complexity index is 1040. The lowest BCUT2D eigenvalue weighted by Gasteiger charge is -2.25. The normalized spacial score (nSPS) is 16.0. The van der Waals surface area contributed by atoms with E-state index in [-0.39, 0.29) is 23.8 Å². The number of nitrogens with zero attached hydrogens (tertiary/aromatic N) is 2. The zero-order chi connectivity index (χ0) is 18.3. The number of aromatic nitrogens is 2. The molecule has 0 fully saturated rings. The van der Waals surface area contributed by atoms with E-state index in [4.69, 9.17) is 5.11 Å². The molecule has 2 aromatic carbocycles. The Hall–Kier alpha value is -3.68. The van der Waals surface area contributed by atoms with Crippen molar-refractivity contribution >= 4 is 40.5 Å². The average Bonchev–Trinajstić information content (AvgIpc) is 2.99. The maximum Gasteiger partial charge on any atom is 0.335 e. The molecule has 0 aliphatic carbocycles. The van der Waals surface area contributed by atoms with Crippen molar-refractivity contribution in [3.63, 3.8) is 0 Å². The molecular weight excluding hydrogens is 336 g/mol. The summed E-state index contributed by atoms with van der Waals surface area (Å²) >= 11 is 0. The van der Waals surface area contributed by atoms with Crippen LogP contribution in [0.15, 0.2) is 48.5 Å². The van der Waals surface area contributed by atoms with Crippen LogP contribution in [0.1, 0.15) is 22.8 Å². The van der Waals surface area contributed by atoms with E-state index in [1.54, 1.807) is 4.57 Å². The molecule has 4 rings (SSSR count). The number of nitrogens with one attached hydrogen (secondary N) is 2. The van der Waals surface area contributed by atoms with E-state index in [1.807, 2.05) is 24.3 Å². The van der Waals surface area contributed by atoms with E-state index in [9.17, 15) is 14.4 Å². The van der Waals surface area contributed by atoms with Crippen LogP contribution in [0.4, 0.5) is 11.6 Å². The molecule has 130 valence electrons. The van der Waals surface area contributed by atoms with Gasteiger partial charge in [0.2, 0.25) is 17.8 Å². The molecule has 2 amide bonds. The number of anilines is 2. The first-order valence-electron chi connectivity index (χ1n) is 7.94. The Morgan fingerprint density at radius 2 is 1.88 bits per heavy atom. The number of benzene rings is 2. The van der Waals surface area contributed by atoms with Crippen LogP contribution in [0.2, 0.25) is 0 Å². The van der Waals surface area contributed by atoms with Crippen molar-refractivity contribution in [2.45, 2.75) is 12.5 Å². The highest BCUT2D eigenvalue weighted by atomic mass is 16.4. The molecule has 0 spiro atoms. The van der Waals surface area contributed by atoms with Gasteiger partial charge in [-0.1, -0.05) is 12.1 Å². The summed E-state index contributed by atoms with van der Waals surface area (Å²) in [5.41, 5.74) is 2.03. The van der Waals surface area contributed by atoms with E-state index >= 15 is 0 Å². The summed E-state index contributed by atoms with van der Waals surface area (Å²) in [7, 11) is 0. The predicted octanol–water partition coefficient (Wildman–Crippen LogP) is 2.26. The Labute approximate surface area is 147 Å². The highest BCUT2D eigenvalue weighted by Crippen LogP contribution is 2.31. The molecule has 3 N–H and O–H groups in total. The number of hydrogen-bond donors (Lipinski definition) is 3. The summed E-state index contributed by atoms with van der Waals surface area (Å²) in [6, 6.07) is 12.4. The van der Waals surface area contributed by atoms with Crippen LogP contribution < -0.4 is 10.6 Å². The number of carbonyl (C=O) groups excluding carboxylic acids is 2. The first kappa shape index (κ1) is 15.8. The number of hydrogen-bond acceptors (Lipinski definition) is 4. The highest BCUT2D eigenvalue weighted by molar-refractivity contribution is 6.03. The third-order valence-electron chi connectivity index (χ3n) is 4.24. The fourth-order valence-electron chi connectivity index (χ4n) is 3.02. The molecule has 0 unspecified atom stereocenters. The van der Waals surface area contributed by atoms with Crippen molar-refractivity contribution in [2.24, 2.45) is 0 Å². The Morgan fingerprint density at radius 3 is 2.62 bits per heavy atom. The maximum absolute atomic E-state index is 12.8. The number of amides is 2. The van der Waals surface area contributed by atoms with Gasteiger partial charge in [0, 0.05) is 5.69 Å². The number of imidazole rings is 1. The van der Waals surface area contributed by atoms with Gasteiger partial charge < -0.3 is 10.4 Å². The standard InChI is InChI=1S/C18H14N4O4/c23-15-9-14(16(24)19-11-7-5-10(6-8-11)17(25)26)22-13-4-2-1-3-12(13)20-18(22)21-15/h1-8,14H,9H2,(H,19,24)(H,25,26)(H,20,21,23)/t14-/m1/s1. The van der Waals surface area contributed by atoms with Gasteiger partial charge in [-0.25, -0.2) is 9.78 Å². The van der Waals surface area contributed by atoms with Gasteiger partial charge in [-0.15, -0.1) is 0 Å². The van der Waals surface area contributed by atoms with Crippen LogP contribution in [0, 0.1) is 0 Å². The molecule has 1 aliphatic heterocycles. The number of aromatic carboxylic acids is 1. The molecule has 1 aromatic heterocycles. The molecule has 0 radical (unpaired) electrons. The van der Waals surface area contributed by atoms with Gasteiger partial charge in [0.1, 0.15) is 6.04 Å². The molecule has 1 aliphatic rings. The lowest BCUT2D eigenvalue weighted by atomic mass is 10.1. The maximum atomic E-state index is 12.8. The fourth-order valence-corrected chi connectivity index (χ4v) is 3.02. The number of carboxylic acids is 1. The van der Waals surface area contributed by atoms with Crippen LogP contribution in [0.3, 0.4) is 0 Å². The second kappa shape index (κ2) is 5.99. The second-order valence-electron chi connectivity index (χ2n) is 5.93. The lowest BCUT2D eigenvalue weighted by Crippen LogP contribution is -2.35. The summed E-state index contributed by atoms with van der Waals surface area (Å²) in [4.78, 5) is 40.0. The fraction of sp³-hybridized carbons (Fsp3) is 0.111. The minimum absolute atomic E-state index is 0.00754. The summed E-state index contributed by atoms with van der Waals surface area (Å²) in [6.07, 6.45) is -0.00754. The van der Waals surface area contributed by atoms with Gasteiger partial charge in [-0.3, -0.25) is 19.5 Å². The molecule has 8 heteroatoms. The highest BCUT2D eigenvalue weighted by Gasteiger charge is 2.32. The molecule has 3 aromatic rings. The number of para-hydroxylation sites is 2. The van der Waals surface area contributed by atoms with E-state index in [1.165, 1.54) is 24.3 Å². The van der Waals surface area contributed by atoms with Gasteiger partial charge in [0.25, 0.3) is 0 Å². The third kappa shape index (κ3) is 2.67. The van der Waals surface area contributed by atoms with Gasteiger partial charge in [0.05, 0.1) is 23.0 Å². The summed E-state index contributed by atoms with van der Waals surface area (Å²) < 4.78 is 1.71. The van der Waals surface area contributed by atoms with Crippen LogP contribution in [-0.4, -0.2) is 32.4 Å². The van der Waals surface area contributed by atoms with Crippen LogP contribution in [-0.2, 0) is 9.59 Å². The van der Waals surface area contributed by atoms with Crippen molar-refractivity contribution in [3.05, 3.63) is 54.1 Å². The smallest absolute Gasteiger partial charge is 0.335 e. The molecule has 2 heterocycles. The first-order valence-corrected chi connectivity index (χ1v) is 7.94. The van der Waals surface area contributed by atoms with Gasteiger partial charge in [0.15, 0.2) is 0 Å². The minimum atomic E-state index is -1.04. The number of carboxylic acid groups (broad SMARTS) is 1. The van der Waals surface area contributed by atoms with Crippen LogP contribution in [0.5, 0.6) is 0 Å². The quantitative estimate of drug-likeness (QED) is 0.670. The van der Waals surface area contributed by atoms with Gasteiger partial charge in [-0.2, -0.15) is 0 Å². The number of rotatable bonds is 3. The molecular formula is C18H14N4O4. The Kier molecular flexibility index (Phi) is 3.65. The monoisotopic (exact) mass is 350 g/mol. The zero-order valence-electron chi connectivity index (χ0n) is 13.5. The molecule has 26 heavy (non-hydrogen) atoms. The van der Waals surface area contributed by atoms with Crippen molar-refractivity contribution in [1.29, 1.82) is 0 Å². The van der Waals surface area contributed by atoms with E-state index in [0.717, 1.165) is 5.52 Å². The summed E-state index contributed by atoms with van der Waals surface area (Å²) in [5.74, 6) is -1.35. The van der Waals surface area contributed by atoms with E-state index < -0.39 is 12.0 Å². The predicted molar refractivity (Wildman–Crippen MR) is 94.0 cm³/mol. The molecule has 0 saturated heterocycles. The Morgan fingerprint density at radius 1 is 1.15 bits per heavy atom. The molecule has 0 saturated carbocycles. The van der Waals surface area contributed by atoms with Gasteiger partial charge in [-0.05, 0) is 36.4 Å². The van der Waals surface area contributed by atoms with E-state index in [2.05, 4.69) is 15.6 Å². The SMILES string of the molecule is O=C1C[C@H](C(=O)Nc2ccc(C(=O)O)cc2)n2c(nc3ccccc32)N1. The lowest BCUT2D eigenvalue weighted by molar-refractivity contribution is -0.124. The van der Waals surface area contributed by atoms with Crippen molar-refractivity contribution in [3.8, 4) is 0 Å². The minimum Gasteiger partial charge on any atom is -0.478 e.